The number of pyridine rings is 1. The summed E-state index contributed by atoms with van der Waals surface area (Å²) in [7, 11) is -6.29. The highest BCUT2D eigenvalue weighted by molar-refractivity contribution is 7.88. The van der Waals surface area contributed by atoms with E-state index in [0.717, 1.165) is 12.1 Å². The third kappa shape index (κ3) is 4.27. The topological polar surface area (TPSA) is 99.4 Å². The molecule has 2 aromatic rings. The van der Waals surface area contributed by atoms with Crippen LogP contribution in [0.15, 0.2) is 30.5 Å². The minimum atomic E-state index is -6.29. The van der Waals surface area contributed by atoms with Crippen molar-refractivity contribution in [3.63, 3.8) is 0 Å². The molecular weight excluding hydrogens is 446 g/mol. The third-order valence-electron chi connectivity index (χ3n) is 3.13. The Hall–Kier alpha value is -2.61. The maximum Gasteiger partial charge on any atom is 0.534 e. The van der Waals surface area contributed by atoms with Gasteiger partial charge < -0.3 is 4.18 Å². The van der Waals surface area contributed by atoms with Crippen LogP contribution in [0.3, 0.4) is 0 Å². The SMILES string of the molecule is O=[N+]([O-])c1c(-c2ccc(C(F)(F)F)cc2Cl)ccnc1OS(=O)(=O)C(F)(F)F. The summed E-state index contributed by atoms with van der Waals surface area (Å²) in [5, 5.41) is 10.6. The number of rotatable bonds is 4. The minimum Gasteiger partial charge on any atom is -0.348 e. The molecule has 7 nitrogen and oxygen atoms in total. The lowest BCUT2D eigenvalue weighted by molar-refractivity contribution is -0.385. The van der Waals surface area contributed by atoms with Gasteiger partial charge in [0.15, 0.2) is 0 Å². The summed E-state index contributed by atoms with van der Waals surface area (Å²) < 4.78 is 101. The van der Waals surface area contributed by atoms with Crippen LogP contribution in [0.4, 0.5) is 32.0 Å². The molecule has 28 heavy (non-hydrogen) atoms. The average Bonchev–Trinajstić information content (AvgIpc) is 2.52. The Morgan fingerprint density at radius 3 is 2.14 bits per heavy atom. The van der Waals surface area contributed by atoms with E-state index < -0.39 is 60.0 Å². The summed E-state index contributed by atoms with van der Waals surface area (Å²) in [5.74, 6) is -1.53. The fourth-order valence-electron chi connectivity index (χ4n) is 1.95. The first-order valence-corrected chi connectivity index (χ1v) is 8.45. The first-order chi connectivity index (χ1) is 12.6. The predicted octanol–water partition coefficient (Wildman–Crippen LogP) is 4.56. The summed E-state index contributed by atoms with van der Waals surface area (Å²) >= 11 is 5.72. The second-order valence-corrected chi connectivity index (χ2v) is 6.89. The molecule has 1 aromatic heterocycles. The van der Waals surface area contributed by atoms with Crippen LogP contribution in [-0.4, -0.2) is 23.8 Å². The molecule has 0 saturated carbocycles. The highest BCUT2D eigenvalue weighted by Crippen LogP contribution is 2.42. The molecule has 0 bridgehead atoms. The average molecular weight is 451 g/mol. The van der Waals surface area contributed by atoms with Crippen LogP contribution in [0.5, 0.6) is 5.88 Å². The molecule has 0 atom stereocenters. The van der Waals surface area contributed by atoms with Gasteiger partial charge in [-0.05, 0) is 18.2 Å². The Bertz CT molecular complexity index is 1040. The summed E-state index contributed by atoms with van der Waals surface area (Å²) in [5.41, 5.74) is -9.42. The van der Waals surface area contributed by atoms with Crippen molar-refractivity contribution < 1.29 is 43.9 Å². The van der Waals surface area contributed by atoms with Gasteiger partial charge in [0.2, 0.25) is 0 Å². The van der Waals surface area contributed by atoms with Gasteiger partial charge in [-0.25, -0.2) is 4.98 Å². The molecule has 2 rings (SSSR count). The molecule has 0 aliphatic carbocycles. The molecule has 0 unspecified atom stereocenters. The van der Waals surface area contributed by atoms with Crippen molar-refractivity contribution in [1.82, 2.24) is 4.98 Å². The smallest absolute Gasteiger partial charge is 0.348 e. The van der Waals surface area contributed by atoms with Crippen molar-refractivity contribution >= 4 is 27.4 Å². The largest absolute Gasteiger partial charge is 0.534 e. The summed E-state index contributed by atoms with van der Waals surface area (Å²) in [4.78, 5) is 13.1. The van der Waals surface area contributed by atoms with E-state index in [1.807, 2.05) is 0 Å². The zero-order valence-corrected chi connectivity index (χ0v) is 14.4. The van der Waals surface area contributed by atoms with E-state index in [0.29, 0.717) is 18.3 Å². The summed E-state index contributed by atoms with van der Waals surface area (Å²) in [6.07, 6.45) is -4.11. The lowest BCUT2D eigenvalue weighted by Crippen LogP contribution is -2.28. The number of aromatic nitrogens is 1. The van der Waals surface area contributed by atoms with Crippen LogP contribution in [0.1, 0.15) is 5.56 Å². The normalized spacial score (nSPS) is 12.7. The number of nitrogens with zero attached hydrogens (tertiary/aromatic N) is 2. The molecule has 0 saturated heterocycles. The first-order valence-electron chi connectivity index (χ1n) is 6.66. The molecule has 0 aliphatic rings. The van der Waals surface area contributed by atoms with Gasteiger partial charge in [0, 0.05) is 16.8 Å². The molecule has 15 heteroatoms. The summed E-state index contributed by atoms with van der Waals surface area (Å²) in [6, 6.07) is 2.54. The van der Waals surface area contributed by atoms with Crippen molar-refractivity contribution in [2.45, 2.75) is 11.7 Å². The number of alkyl halides is 6. The van der Waals surface area contributed by atoms with E-state index >= 15 is 0 Å². The number of hydrogen-bond donors (Lipinski definition) is 0. The molecule has 0 spiro atoms. The van der Waals surface area contributed by atoms with E-state index in [1.165, 1.54) is 0 Å². The van der Waals surface area contributed by atoms with Crippen molar-refractivity contribution in [2.24, 2.45) is 0 Å². The quantitative estimate of drug-likeness (QED) is 0.223. The van der Waals surface area contributed by atoms with E-state index in [1.54, 1.807) is 0 Å². The van der Waals surface area contributed by atoms with Gasteiger partial charge in [0.25, 0.3) is 0 Å². The van der Waals surface area contributed by atoms with Gasteiger partial charge in [-0.2, -0.15) is 34.8 Å². The predicted molar refractivity (Wildman–Crippen MR) is 81.9 cm³/mol. The van der Waals surface area contributed by atoms with Crippen LogP contribution < -0.4 is 4.18 Å². The molecule has 1 heterocycles. The van der Waals surface area contributed by atoms with Crippen LogP contribution >= 0.6 is 11.6 Å². The Morgan fingerprint density at radius 2 is 1.68 bits per heavy atom. The van der Waals surface area contributed by atoms with E-state index in [9.17, 15) is 44.9 Å². The molecular formula is C13H5ClF6N2O5S. The molecule has 0 aliphatic heterocycles. The zero-order valence-electron chi connectivity index (χ0n) is 12.9. The van der Waals surface area contributed by atoms with E-state index in [-0.39, 0.29) is 0 Å². The van der Waals surface area contributed by atoms with Crippen LogP contribution in [-0.2, 0) is 16.3 Å². The monoisotopic (exact) mass is 450 g/mol. The van der Waals surface area contributed by atoms with Gasteiger partial charge in [0.05, 0.1) is 16.1 Å². The molecule has 1 aromatic carbocycles. The lowest BCUT2D eigenvalue weighted by atomic mass is 10.0. The molecule has 0 radical (unpaired) electrons. The number of benzene rings is 1. The third-order valence-corrected chi connectivity index (χ3v) is 4.39. The lowest BCUT2D eigenvalue weighted by Gasteiger charge is -2.12. The maximum atomic E-state index is 12.7. The van der Waals surface area contributed by atoms with Gasteiger partial charge in [-0.15, -0.1) is 0 Å². The fourth-order valence-corrected chi connectivity index (χ4v) is 2.66. The van der Waals surface area contributed by atoms with Gasteiger partial charge >= 0.3 is 33.4 Å². The van der Waals surface area contributed by atoms with Crippen molar-refractivity contribution in [2.75, 3.05) is 0 Å². The molecule has 0 fully saturated rings. The highest BCUT2D eigenvalue weighted by atomic mass is 35.5. The highest BCUT2D eigenvalue weighted by Gasteiger charge is 2.50. The standard InChI is InChI=1S/C13H5ClF6N2O5S/c14-9-5-6(12(15,16)17)1-2-7(9)8-3-4-21-11(10(8)22(23)24)27-28(25,26)13(18,19)20/h1-5H. The Kier molecular flexibility index (Phi) is 5.49. The molecule has 0 amide bonds. The molecule has 152 valence electrons. The van der Waals surface area contributed by atoms with Crippen molar-refractivity contribution in [3.05, 3.63) is 51.2 Å². The van der Waals surface area contributed by atoms with Crippen molar-refractivity contribution in [3.8, 4) is 17.0 Å². The Balaban J connectivity index is 2.67. The Labute approximate surface area is 156 Å². The van der Waals surface area contributed by atoms with Gasteiger partial charge in [0.1, 0.15) is 0 Å². The van der Waals surface area contributed by atoms with Crippen LogP contribution in [0.25, 0.3) is 11.1 Å². The minimum absolute atomic E-state index is 0.391. The van der Waals surface area contributed by atoms with Crippen LogP contribution in [0.2, 0.25) is 5.02 Å². The second-order valence-electron chi connectivity index (χ2n) is 4.94. The Morgan fingerprint density at radius 1 is 1.07 bits per heavy atom. The summed E-state index contributed by atoms with van der Waals surface area (Å²) in [6.45, 7) is 0. The first kappa shape index (κ1) is 21.7. The van der Waals surface area contributed by atoms with E-state index in [2.05, 4.69) is 9.17 Å². The second kappa shape index (κ2) is 7.09. The fraction of sp³-hybridized carbons (Fsp3) is 0.154. The van der Waals surface area contributed by atoms with E-state index in [4.69, 9.17) is 11.6 Å². The van der Waals surface area contributed by atoms with Gasteiger partial charge in [-0.1, -0.05) is 17.7 Å². The van der Waals surface area contributed by atoms with Gasteiger partial charge in [-0.3, -0.25) is 10.1 Å². The van der Waals surface area contributed by atoms with Crippen molar-refractivity contribution in [1.29, 1.82) is 0 Å². The number of halogens is 7. The number of hydrogen-bond acceptors (Lipinski definition) is 6. The van der Waals surface area contributed by atoms with Crippen LogP contribution in [0, 0.1) is 10.1 Å². The molecule has 0 N–H and O–H groups in total. The maximum absolute atomic E-state index is 12.7. The number of nitro groups is 1. The zero-order chi connectivity index (χ0) is 21.5.